The molecule has 1 aromatic rings. The van der Waals surface area contributed by atoms with E-state index < -0.39 is 6.09 Å². The molecule has 0 atom stereocenters. The van der Waals surface area contributed by atoms with Crippen molar-refractivity contribution < 1.29 is 14.3 Å². The van der Waals surface area contributed by atoms with Crippen LogP contribution < -0.4 is 15.8 Å². The fourth-order valence-corrected chi connectivity index (χ4v) is 1.43. The summed E-state index contributed by atoms with van der Waals surface area (Å²) in [6.07, 6.45) is 0.474. The van der Waals surface area contributed by atoms with Crippen molar-refractivity contribution in [3.05, 3.63) is 29.8 Å². The minimum Gasteiger partial charge on any atom is -0.491 e. The van der Waals surface area contributed by atoms with Gasteiger partial charge in [-0.2, -0.15) is 0 Å². The molecule has 0 fully saturated rings. The number of nitrogens with two attached hydrogens (primary N) is 1. The van der Waals surface area contributed by atoms with Crippen LogP contribution in [0.15, 0.2) is 24.3 Å². The zero-order valence-electron chi connectivity index (χ0n) is 11.5. The number of amides is 1. The van der Waals surface area contributed by atoms with Gasteiger partial charge in [-0.05, 0) is 44.5 Å². The average Bonchev–Trinajstić information content (AvgIpc) is 2.37. The van der Waals surface area contributed by atoms with Crippen LogP contribution in [0.1, 0.15) is 25.8 Å². The van der Waals surface area contributed by atoms with Gasteiger partial charge < -0.3 is 20.5 Å². The van der Waals surface area contributed by atoms with Crippen molar-refractivity contribution in [2.45, 2.75) is 33.0 Å². The molecular weight excluding hydrogens is 244 g/mol. The molecule has 1 rings (SSSR count). The first-order valence-electron chi connectivity index (χ1n) is 6.48. The Hall–Kier alpha value is -1.75. The molecule has 0 saturated heterocycles. The van der Waals surface area contributed by atoms with Gasteiger partial charge in [-0.1, -0.05) is 12.1 Å². The van der Waals surface area contributed by atoms with Crippen molar-refractivity contribution in [2.75, 3.05) is 13.1 Å². The van der Waals surface area contributed by atoms with E-state index in [1.807, 2.05) is 38.1 Å². The van der Waals surface area contributed by atoms with Gasteiger partial charge in [0.25, 0.3) is 0 Å². The third-order valence-corrected chi connectivity index (χ3v) is 2.32. The number of carbonyl (C=O) groups excluding carboxylic acids is 1. The van der Waals surface area contributed by atoms with Gasteiger partial charge in [0, 0.05) is 6.54 Å². The number of alkyl carbamates (subject to hydrolysis) is 1. The highest BCUT2D eigenvalue weighted by Crippen LogP contribution is 2.14. The minimum absolute atomic E-state index is 0.149. The minimum atomic E-state index is -0.420. The van der Waals surface area contributed by atoms with Gasteiger partial charge in [-0.15, -0.1) is 0 Å². The zero-order valence-corrected chi connectivity index (χ0v) is 11.5. The van der Waals surface area contributed by atoms with Gasteiger partial charge in [0.2, 0.25) is 0 Å². The summed E-state index contributed by atoms with van der Waals surface area (Å²) in [6.45, 7) is 5.29. The SMILES string of the molecule is CC(C)Oc1ccc(COC(=O)NCCCN)cc1. The molecule has 0 aliphatic carbocycles. The Morgan fingerprint density at radius 1 is 1.32 bits per heavy atom. The number of benzene rings is 1. The summed E-state index contributed by atoms with van der Waals surface area (Å²) in [7, 11) is 0. The Kier molecular flexibility index (Phi) is 6.74. The molecule has 0 radical (unpaired) electrons. The van der Waals surface area contributed by atoms with Gasteiger partial charge in [0.05, 0.1) is 6.10 Å². The van der Waals surface area contributed by atoms with Crippen LogP contribution in [0, 0.1) is 0 Å². The number of hydrogen-bond donors (Lipinski definition) is 2. The van der Waals surface area contributed by atoms with Crippen LogP contribution in [-0.2, 0) is 11.3 Å². The molecule has 0 bridgehead atoms. The topological polar surface area (TPSA) is 73.6 Å². The maximum absolute atomic E-state index is 11.3. The van der Waals surface area contributed by atoms with E-state index in [-0.39, 0.29) is 12.7 Å². The summed E-state index contributed by atoms with van der Waals surface area (Å²) in [5.41, 5.74) is 6.25. The highest BCUT2D eigenvalue weighted by atomic mass is 16.5. The number of hydrogen-bond acceptors (Lipinski definition) is 4. The second kappa shape index (κ2) is 8.37. The van der Waals surface area contributed by atoms with Gasteiger partial charge >= 0.3 is 6.09 Å². The summed E-state index contributed by atoms with van der Waals surface area (Å²) in [4.78, 5) is 11.3. The summed E-state index contributed by atoms with van der Waals surface area (Å²) >= 11 is 0. The summed E-state index contributed by atoms with van der Waals surface area (Å²) < 4.78 is 10.6. The molecule has 0 unspecified atom stereocenters. The number of nitrogens with one attached hydrogen (secondary N) is 1. The second-order valence-corrected chi connectivity index (χ2v) is 4.46. The Labute approximate surface area is 114 Å². The first kappa shape index (κ1) is 15.3. The monoisotopic (exact) mass is 266 g/mol. The molecule has 0 heterocycles. The molecule has 0 aromatic heterocycles. The molecule has 1 aromatic carbocycles. The lowest BCUT2D eigenvalue weighted by atomic mass is 10.2. The molecule has 0 aliphatic heterocycles. The van der Waals surface area contributed by atoms with E-state index in [4.69, 9.17) is 15.2 Å². The maximum atomic E-state index is 11.3. The molecule has 0 aliphatic rings. The highest BCUT2D eigenvalue weighted by molar-refractivity contribution is 5.67. The van der Waals surface area contributed by atoms with Crippen LogP contribution in [-0.4, -0.2) is 25.3 Å². The Morgan fingerprint density at radius 2 is 2.00 bits per heavy atom. The summed E-state index contributed by atoms with van der Waals surface area (Å²) in [5, 5.41) is 2.63. The van der Waals surface area contributed by atoms with E-state index >= 15 is 0 Å². The third-order valence-electron chi connectivity index (χ3n) is 2.32. The van der Waals surface area contributed by atoms with Crippen LogP contribution >= 0.6 is 0 Å². The fraction of sp³-hybridized carbons (Fsp3) is 0.500. The van der Waals surface area contributed by atoms with E-state index in [0.717, 1.165) is 17.7 Å². The van der Waals surface area contributed by atoms with E-state index in [9.17, 15) is 4.79 Å². The lowest BCUT2D eigenvalue weighted by Gasteiger charge is -2.10. The van der Waals surface area contributed by atoms with Crippen molar-refractivity contribution in [3.63, 3.8) is 0 Å². The quantitative estimate of drug-likeness (QED) is 0.741. The molecule has 106 valence electrons. The van der Waals surface area contributed by atoms with Crippen LogP contribution in [0.25, 0.3) is 0 Å². The van der Waals surface area contributed by atoms with Crippen LogP contribution in [0.3, 0.4) is 0 Å². The van der Waals surface area contributed by atoms with Gasteiger partial charge in [-0.3, -0.25) is 0 Å². The molecule has 1 amide bonds. The molecule has 5 heteroatoms. The largest absolute Gasteiger partial charge is 0.491 e. The predicted octanol–water partition coefficient (Wildman–Crippen LogP) is 2.05. The van der Waals surface area contributed by atoms with Gasteiger partial charge in [0.15, 0.2) is 0 Å². The molecule has 3 N–H and O–H groups in total. The van der Waals surface area contributed by atoms with Crippen molar-refractivity contribution in [3.8, 4) is 5.75 Å². The number of rotatable bonds is 7. The van der Waals surface area contributed by atoms with Crippen molar-refractivity contribution in [1.29, 1.82) is 0 Å². The molecular formula is C14H22N2O3. The number of carbonyl (C=O) groups is 1. The number of ether oxygens (including phenoxy) is 2. The summed E-state index contributed by atoms with van der Waals surface area (Å²) in [6, 6.07) is 7.49. The van der Waals surface area contributed by atoms with E-state index in [1.54, 1.807) is 0 Å². The first-order chi connectivity index (χ1) is 9.11. The normalized spacial score (nSPS) is 10.3. The lowest BCUT2D eigenvalue weighted by molar-refractivity contribution is 0.139. The predicted molar refractivity (Wildman–Crippen MR) is 74.1 cm³/mol. The molecule has 19 heavy (non-hydrogen) atoms. The smallest absolute Gasteiger partial charge is 0.407 e. The van der Waals surface area contributed by atoms with Gasteiger partial charge in [0.1, 0.15) is 12.4 Å². The Morgan fingerprint density at radius 3 is 2.58 bits per heavy atom. The fourth-order valence-electron chi connectivity index (χ4n) is 1.43. The van der Waals surface area contributed by atoms with Crippen LogP contribution in [0.5, 0.6) is 5.75 Å². The molecule has 0 saturated carbocycles. The standard InChI is InChI=1S/C14H22N2O3/c1-11(2)19-13-6-4-12(5-7-13)10-18-14(17)16-9-3-8-15/h4-7,11H,3,8-10,15H2,1-2H3,(H,16,17). The molecule has 0 spiro atoms. The van der Waals surface area contributed by atoms with Crippen molar-refractivity contribution >= 4 is 6.09 Å². The highest BCUT2D eigenvalue weighted by Gasteiger charge is 2.02. The van der Waals surface area contributed by atoms with E-state index in [0.29, 0.717) is 13.1 Å². The van der Waals surface area contributed by atoms with Gasteiger partial charge in [-0.25, -0.2) is 4.79 Å². The second-order valence-electron chi connectivity index (χ2n) is 4.46. The Balaban J connectivity index is 2.31. The molecule has 5 nitrogen and oxygen atoms in total. The van der Waals surface area contributed by atoms with Crippen molar-refractivity contribution in [2.24, 2.45) is 5.73 Å². The lowest BCUT2D eigenvalue weighted by Crippen LogP contribution is -2.26. The average molecular weight is 266 g/mol. The van der Waals surface area contributed by atoms with Crippen LogP contribution in [0.4, 0.5) is 4.79 Å². The van der Waals surface area contributed by atoms with E-state index in [1.165, 1.54) is 0 Å². The summed E-state index contributed by atoms with van der Waals surface area (Å²) in [5.74, 6) is 0.811. The Bertz CT molecular complexity index is 377. The zero-order chi connectivity index (χ0) is 14.1. The van der Waals surface area contributed by atoms with Crippen LogP contribution in [0.2, 0.25) is 0 Å². The third kappa shape index (κ3) is 6.67. The van der Waals surface area contributed by atoms with E-state index in [2.05, 4.69) is 5.32 Å². The maximum Gasteiger partial charge on any atom is 0.407 e. The first-order valence-corrected chi connectivity index (χ1v) is 6.48. The van der Waals surface area contributed by atoms with Crippen molar-refractivity contribution in [1.82, 2.24) is 5.32 Å².